The summed E-state index contributed by atoms with van der Waals surface area (Å²) in [5.74, 6) is -1.94. The van der Waals surface area contributed by atoms with Gasteiger partial charge in [0.15, 0.2) is 0 Å². The molecule has 7 heteroatoms. The third kappa shape index (κ3) is 3.23. The summed E-state index contributed by atoms with van der Waals surface area (Å²) in [4.78, 5) is 0. The van der Waals surface area contributed by atoms with E-state index in [0.29, 0.717) is 0 Å². The zero-order chi connectivity index (χ0) is 14.9. The molecule has 2 rings (SSSR count). The molecule has 0 amide bonds. The predicted octanol–water partition coefficient (Wildman–Crippen LogP) is -0.187. The highest BCUT2D eigenvalue weighted by atomic mass is 127. The average Bonchev–Trinajstić information content (AvgIpc) is 2.43. The third-order valence-corrected chi connectivity index (χ3v) is 4.56. The first-order valence-corrected chi connectivity index (χ1v) is 7.32. The van der Waals surface area contributed by atoms with E-state index < -0.39 is 24.1 Å². The van der Waals surface area contributed by atoms with Gasteiger partial charge in [-0.25, -0.2) is 0 Å². The van der Waals surface area contributed by atoms with Crippen molar-refractivity contribution in [3.05, 3.63) is 27.3 Å². The fourth-order valence-corrected chi connectivity index (χ4v) is 2.49. The van der Waals surface area contributed by atoms with Gasteiger partial charge in [-0.3, -0.25) is 0 Å². The lowest BCUT2D eigenvalue weighted by Crippen LogP contribution is -2.63. The molecule has 0 aromatic heterocycles. The first-order chi connectivity index (χ1) is 9.33. The van der Waals surface area contributed by atoms with Gasteiger partial charge >= 0.3 is 0 Å². The van der Waals surface area contributed by atoms with Crippen LogP contribution in [0.4, 0.5) is 5.69 Å². The molecule has 6 nitrogen and oxygen atoms in total. The van der Waals surface area contributed by atoms with E-state index in [-0.39, 0.29) is 13.2 Å². The fraction of sp³-hybridized carbons (Fsp3) is 0.538. The van der Waals surface area contributed by atoms with Crippen LogP contribution in [0, 0.1) is 10.5 Å². The van der Waals surface area contributed by atoms with Crippen molar-refractivity contribution in [2.24, 2.45) is 0 Å². The van der Waals surface area contributed by atoms with Gasteiger partial charge in [0.2, 0.25) is 5.79 Å². The highest BCUT2D eigenvalue weighted by Crippen LogP contribution is 2.25. The predicted molar refractivity (Wildman–Crippen MR) is 81.3 cm³/mol. The highest BCUT2D eigenvalue weighted by molar-refractivity contribution is 14.1. The summed E-state index contributed by atoms with van der Waals surface area (Å²) in [6.07, 6.45) is -4.22. The van der Waals surface area contributed by atoms with Crippen LogP contribution in [0.1, 0.15) is 5.56 Å². The second-order valence-electron chi connectivity index (χ2n) is 4.98. The molecule has 112 valence electrons. The van der Waals surface area contributed by atoms with Crippen LogP contribution in [-0.2, 0) is 4.74 Å². The van der Waals surface area contributed by atoms with E-state index in [9.17, 15) is 20.4 Å². The summed E-state index contributed by atoms with van der Waals surface area (Å²) in [5.41, 5.74) is 1.91. The standard InChI is InChI=1S/C13H18INO5/c1-7-2-3-8(4-9(7)14)15-6-13(19)12(18)11(17)10(16)5-20-13/h2-4,10-12,15-19H,5-6H2,1H3/t10-,11-,12+,13-/m1/s1. The number of anilines is 1. The van der Waals surface area contributed by atoms with Crippen LogP contribution in [-0.4, -0.2) is 57.7 Å². The summed E-state index contributed by atoms with van der Waals surface area (Å²) in [6.45, 7) is 1.66. The maximum absolute atomic E-state index is 10.2. The number of aliphatic hydroxyl groups excluding tert-OH is 3. The normalized spacial score (nSPS) is 34.0. The maximum Gasteiger partial charge on any atom is 0.212 e. The Balaban J connectivity index is 2.03. The van der Waals surface area contributed by atoms with E-state index in [1.54, 1.807) is 0 Å². The zero-order valence-corrected chi connectivity index (χ0v) is 13.1. The monoisotopic (exact) mass is 395 g/mol. The number of rotatable bonds is 3. The van der Waals surface area contributed by atoms with Gasteiger partial charge in [0.05, 0.1) is 13.2 Å². The molecule has 0 saturated carbocycles. The Morgan fingerprint density at radius 2 is 2.10 bits per heavy atom. The average molecular weight is 395 g/mol. The van der Waals surface area contributed by atoms with Crippen molar-refractivity contribution in [1.82, 2.24) is 0 Å². The Hall–Kier alpha value is -0.450. The SMILES string of the molecule is Cc1ccc(NC[C@@]2(O)OC[C@@H](O)[C@@H](O)[C@@H]2O)cc1I. The van der Waals surface area contributed by atoms with Gasteiger partial charge < -0.3 is 30.5 Å². The third-order valence-electron chi connectivity index (χ3n) is 3.40. The molecule has 5 N–H and O–H groups in total. The summed E-state index contributed by atoms with van der Waals surface area (Å²) >= 11 is 2.20. The van der Waals surface area contributed by atoms with E-state index in [1.807, 2.05) is 25.1 Å². The Labute approximate surface area is 130 Å². The van der Waals surface area contributed by atoms with Crippen molar-refractivity contribution < 1.29 is 25.2 Å². The van der Waals surface area contributed by atoms with Crippen LogP contribution in [0.25, 0.3) is 0 Å². The summed E-state index contributed by atoms with van der Waals surface area (Å²) < 4.78 is 6.14. The van der Waals surface area contributed by atoms with Crippen LogP contribution in [0.2, 0.25) is 0 Å². The second-order valence-corrected chi connectivity index (χ2v) is 6.14. The van der Waals surface area contributed by atoms with Crippen LogP contribution in [0.5, 0.6) is 0 Å². The van der Waals surface area contributed by atoms with Crippen molar-refractivity contribution in [3.63, 3.8) is 0 Å². The molecule has 1 aromatic carbocycles. The lowest BCUT2D eigenvalue weighted by Gasteiger charge is -2.41. The van der Waals surface area contributed by atoms with Gasteiger partial charge in [-0.1, -0.05) is 6.07 Å². The van der Waals surface area contributed by atoms with E-state index in [4.69, 9.17) is 4.74 Å². The number of hydrogen-bond donors (Lipinski definition) is 5. The Morgan fingerprint density at radius 1 is 1.40 bits per heavy atom. The van der Waals surface area contributed by atoms with E-state index >= 15 is 0 Å². The van der Waals surface area contributed by atoms with Crippen molar-refractivity contribution in [2.75, 3.05) is 18.5 Å². The number of nitrogens with one attached hydrogen (secondary N) is 1. The molecule has 4 atom stereocenters. The van der Waals surface area contributed by atoms with Gasteiger partial charge in [0, 0.05) is 9.26 Å². The first kappa shape index (κ1) is 15.9. The van der Waals surface area contributed by atoms with E-state index in [1.165, 1.54) is 0 Å². The van der Waals surface area contributed by atoms with Gasteiger partial charge in [-0.2, -0.15) is 0 Å². The largest absolute Gasteiger partial charge is 0.388 e. The minimum Gasteiger partial charge on any atom is -0.388 e. The van der Waals surface area contributed by atoms with Crippen LogP contribution >= 0.6 is 22.6 Å². The van der Waals surface area contributed by atoms with Crippen molar-refractivity contribution >= 4 is 28.3 Å². The van der Waals surface area contributed by atoms with E-state index in [2.05, 4.69) is 27.9 Å². The molecule has 0 bridgehead atoms. The molecule has 0 spiro atoms. The Morgan fingerprint density at radius 3 is 2.75 bits per heavy atom. The molecule has 0 radical (unpaired) electrons. The van der Waals surface area contributed by atoms with Gasteiger partial charge in [0.25, 0.3) is 0 Å². The van der Waals surface area contributed by atoms with Gasteiger partial charge in [0.1, 0.15) is 18.3 Å². The molecule has 0 unspecified atom stereocenters. The second kappa shape index (κ2) is 6.12. The summed E-state index contributed by atoms with van der Waals surface area (Å²) in [5, 5.41) is 41.9. The lowest BCUT2D eigenvalue weighted by molar-refractivity contribution is -0.313. The zero-order valence-electron chi connectivity index (χ0n) is 11.0. The minimum atomic E-state index is -1.94. The molecular formula is C13H18INO5. The molecule has 1 saturated heterocycles. The maximum atomic E-state index is 10.2. The van der Waals surface area contributed by atoms with Gasteiger partial charge in [-0.05, 0) is 47.2 Å². The molecule has 20 heavy (non-hydrogen) atoms. The topological polar surface area (TPSA) is 102 Å². The number of hydrogen-bond acceptors (Lipinski definition) is 6. The summed E-state index contributed by atoms with van der Waals surface area (Å²) in [6, 6.07) is 5.69. The van der Waals surface area contributed by atoms with Crippen molar-refractivity contribution in [2.45, 2.75) is 31.0 Å². The smallest absolute Gasteiger partial charge is 0.212 e. The summed E-state index contributed by atoms with van der Waals surface area (Å²) in [7, 11) is 0. The fourth-order valence-electron chi connectivity index (χ4n) is 1.98. The molecule has 1 aliphatic rings. The first-order valence-electron chi connectivity index (χ1n) is 6.24. The van der Waals surface area contributed by atoms with Crippen molar-refractivity contribution in [1.29, 1.82) is 0 Å². The molecule has 1 aliphatic heterocycles. The Kier molecular flexibility index (Phi) is 4.88. The molecule has 1 aromatic rings. The van der Waals surface area contributed by atoms with Crippen molar-refractivity contribution in [3.8, 4) is 0 Å². The quantitative estimate of drug-likeness (QED) is 0.455. The highest BCUT2D eigenvalue weighted by Gasteiger charge is 2.48. The van der Waals surface area contributed by atoms with E-state index in [0.717, 1.165) is 14.8 Å². The molecular weight excluding hydrogens is 377 g/mol. The number of aliphatic hydroxyl groups is 4. The number of halogens is 1. The molecule has 1 fully saturated rings. The number of aryl methyl sites for hydroxylation is 1. The Bertz CT molecular complexity index is 486. The number of benzene rings is 1. The lowest BCUT2D eigenvalue weighted by atomic mass is 9.97. The minimum absolute atomic E-state index is 0.100. The number of ether oxygens (including phenoxy) is 1. The van der Waals surface area contributed by atoms with Crippen LogP contribution in [0.3, 0.4) is 0 Å². The van der Waals surface area contributed by atoms with Crippen LogP contribution in [0.15, 0.2) is 18.2 Å². The van der Waals surface area contributed by atoms with Gasteiger partial charge in [-0.15, -0.1) is 0 Å². The molecule has 1 heterocycles. The molecule has 0 aliphatic carbocycles. The van der Waals surface area contributed by atoms with Crippen LogP contribution < -0.4 is 5.32 Å².